The maximum absolute atomic E-state index is 13.4. The first-order valence-electron chi connectivity index (χ1n) is 13.1. The number of amides is 1. The monoisotopic (exact) mass is 514 g/mol. The lowest BCUT2D eigenvalue weighted by atomic mass is 9.96. The fourth-order valence-electron chi connectivity index (χ4n) is 4.11. The van der Waals surface area contributed by atoms with Crippen molar-refractivity contribution in [1.29, 1.82) is 0 Å². The maximum atomic E-state index is 13.4. The molecule has 37 heavy (non-hydrogen) atoms. The minimum atomic E-state index is -0.990. The van der Waals surface area contributed by atoms with Crippen molar-refractivity contribution >= 4 is 17.8 Å². The lowest BCUT2D eigenvalue weighted by Crippen LogP contribution is -2.48. The zero-order valence-corrected chi connectivity index (χ0v) is 22.7. The number of aromatic hydroxyl groups is 1. The van der Waals surface area contributed by atoms with E-state index in [0.29, 0.717) is 12.1 Å². The molecule has 0 bridgehead atoms. The summed E-state index contributed by atoms with van der Waals surface area (Å²) in [5.41, 5.74) is 0.715. The lowest BCUT2D eigenvalue weighted by Gasteiger charge is -2.28. The van der Waals surface area contributed by atoms with Gasteiger partial charge in [0.2, 0.25) is 0 Å². The molecule has 0 saturated heterocycles. The summed E-state index contributed by atoms with van der Waals surface area (Å²) in [5, 5.41) is 15.4. The second-order valence-corrected chi connectivity index (χ2v) is 10.3. The molecule has 1 amide bonds. The molecule has 2 atom stereocenters. The van der Waals surface area contributed by atoms with Gasteiger partial charge >= 0.3 is 12.1 Å². The van der Waals surface area contributed by atoms with E-state index in [2.05, 4.69) is 10.6 Å². The van der Waals surface area contributed by atoms with Crippen molar-refractivity contribution in [2.45, 2.75) is 84.5 Å². The molecule has 0 aliphatic heterocycles. The number of hydrogen-bond acceptors (Lipinski definition) is 7. The van der Waals surface area contributed by atoms with Crippen LogP contribution in [0, 0.1) is 5.92 Å². The number of alkyl carbamates (subject to hydrolysis) is 1. The predicted molar refractivity (Wildman–Crippen MR) is 143 cm³/mol. The largest absolute Gasteiger partial charge is 0.508 e. The van der Waals surface area contributed by atoms with Gasteiger partial charge in [0.05, 0.1) is 6.54 Å². The molecule has 1 aliphatic carbocycles. The fourth-order valence-corrected chi connectivity index (χ4v) is 4.11. The Balaban J connectivity index is 2.11. The van der Waals surface area contributed by atoms with Crippen LogP contribution in [0.15, 0.2) is 48.1 Å². The first-order chi connectivity index (χ1) is 17.5. The second-order valence-electron chi connectivity index (χ2n) is 10.3. The Labute approximate surface area is 220 Å². The summed E-state index contributed by atoms with van der Waals surface area (Å²) in [6.07, 6.45) is 8.15. The molecular weight excluding hydrogens is 472 g/mol. The highest BCUT2D eigenvalue weighted by Gasteiger charge is 2.30. The Kier molecular flexibility index (Phi) is 11.9. The van der Waals surface area contributed by atoms with Crippen LogP contribution in [0.3, 0.4) is 0 Å². The van der Waals surface area contributed by atoms with Gasteiger partial charge in [-0.25, -0.2) is 9.59 Å². The quantitative estimate of drug-likeness (QED) is 0.329. The van der Waals surface area contributed by atoms with Crippen molar-refractivity contribution in [1.82, 2.24) is 10.6 Å². The summed E-state index contributed by atoms with van der Waals surface area (Å²) in [7, 11) is 0. The van der Waals surface area contributed by atoms with Crippen LogP contribution in [0.1, 0.15) is 65.9 Å². The second kappa shape index (κ2) is 14.6. The van der Waals surface area contributed by atoms with Gasteiger partial charge in [0.25, 0.3) is 0 Å². The van der Waals surface area contributed by atoms with Gasteiger partial charge in [0.1, 0.15) is 23.5 Å². The number of rotatable bonds is 13. The number of ketones is 1. The molecule has 3 N–H and O–H groups in total. The van der Waals surface area contributed by atoms with Crippen molar-refractivity contribution in [2.24, 2.45) is 5.92 Å². The highest BCUT2D eigenvalue weighted by atomic mass is 16.6. The van der Waals surface area contributed by atoms with Crippen LogP contribution in [0.25, 0.3) is 0 Å². The molecular formula is C29H42N2O6. The molecule has 0 radical (unpaired) electrons. The van der Waals surface area contributed by atoms with E-state index in [9.17, 15) is 19.5 Å². The van der Waals surface area contributed by atoms with Gasteiger partial charge in [-0.2, -0.15) is 0 Å². The number of phenols is 1. The van der Waals surface area contributed by atoms with Crippen molar-refractivity contribution in [2.75, 3.05) is 13.1 Å². The highest BCUT2D eigenvalue weighted by Crippen LogP contribution is 2.19. The molecule has 2 rings (SSSR count). The Morgan fingerprint density at radius 2 is 1.73 bits per heavy atom. The Bertz CT molecular complexity index is 958. The van der Waals surface area contributed by atoms with Gasteiger partial charge < -0.3 is 25.2 Å². The summed E-state index contributed by atoms with van der Waals surface area (Å²) in [6.45, 7) is 9.77. The molecule has 0 spiro atoms. The van der Waals surface area contributed by atoms with Crippen molar-refractivity contribution in [3.63, 3.8) is 0 Å². The molecule has 0 heterocycles. The first kappa shape index (κ1) is 30.1. The summed E-state index contributed by atoms with van der Waals surface area (Å²) >= 11 is 0. The van der Waals surface area contributed by atoms with E-state index in [0.717, 1.165) is 31.2 Å². The van der Waals surface area contributed by atoms with Gasteiger partial charge in [-0.1, -0.05) is 44.2 Å². The molecule has 1 aliphatic rings. The molecule has 1 aromatic carbocycles. The van der Waals surface area contributed by atoms with E-state index < -0.39 is 29.8 Å². The van der Waals surface area contributed by atoms with Crippen LogP contribution in [0.5, 0.6) is 5.75 Å². The molecule has 0 unspecified atom stereocenters. The van der Waals surface area contributed by atoms with Gasteiger partial charge in [-0.15, -0.1) is 0 Å². The van der Waals surface area contributed by atoms with E-state index in [1.165, 1.54) is 12.1 Å². The third-order valence-corrected chi connectivity index (χ3v) is 6.14. The average molecular weight is 515 g/mol. The molecule has 1 aromatic rings. The highest BCUT2D eigenvalue weighted by molar-refractivity contribution is 5.99. The van der Waals surface area contributed by atoms with Crippen LogP contribution in [-0.4, -0.2) is 53.8 Å². The summed E-state index contributed by atoms with van der Waals surface area (Å²) in [6, 6.07) is 5.43. The van der Waals surface area contributed by atoms with Crippen LogP contribution in [-0.2, 0) is 25.5 Å². The summed E-state index contributed by atoms with van der Waals surface area (Å²) in [5.74, 6) is -0.391. The summed E-state index contributed by atoms with van der Waals surface area (Å²) < 4.78 is 11.3. The topological polar surface area (TPSA) is 114 Å². The van der Waals surface area contributed by atoms with E-state index in [1.807, 2.05) is 32.1 Å². The molecule has 204 valence electrons. The number of esters is 1. The first-order valence-corrected chi connectivity index (χ1v) is 13.1. The lowest BCUT2D eigenvalue weighted by molar-refractivity contribution is -0.154. The van der Waals surface area contributed by atoms with Gasteiger partial charge in [-0.3, -0.25) is 4.79 Å². The average Bonchev–Trinajstić information content (AvgIpc) is 2.84. The Morgan fingerprint density at radius 3 is 2.30 bits per heavy atom. The third kappa shape index (κ3) is 10.8. The van der Waals surface area contributed by atoms with Crippen LogP contribution < -0.4 is 10.6 Å². The van der Waals surface area contributed by atoms with Crippen LogP contribution in [0.2, 0.25) is 0 Å². The zero-order valence-electron chi connectivity index (χ0n) is 22.7. The number of ether oxygens (including phenoxy) is 2. The molecule has 0 aromatic heterocycles. The van der Waals surface area contributed by atoms with E-state index in [1.54, 1.807) is 32.9 Å². The Hall–Kier alpha value is -3.13. The molecule has 0 fully saturated rings. The van der Waals surface area contributed by atoms with E-state index >= 15 is 0 Å². The number of carbonyl (C=O) groups excluding carboxylic acids is 3. The number of carbonyl (C=O) groups is 3. The van der Waals surface area contributed by atoms with Gasteiger partial charge in [0.15, 0.2) is 5.78 Å². The van der Waals surface area contributed by atoms with Crippen LogP contribution in [0.4, 0.5) is 4.79 Å². The number of hydrogen-bond donors (Lipinski definition) is 3. The summed E-state index contributed by atoms with van der Waals surface area (Å²) in [4.78, 5) is 38.4. The third-order valence-electron chi connectivity index (χ3n) is 6.14. The smallest absolute Gasteiger partial charge is 0.408 e. The number of benzene rings is 1. The predicted octanol–water partition coefficient (Wildman–Crippen LogP) is 4.61. The van der Waals surface area contributed by atoms with Gasteiger partial charge in [0, 0.05) is 18.5 Å². The van der Waals surface area contributed by atoms with Crippen molar-refractivity contribution in [3.05, 3.63) is 53.6 Å². The van der Waals surface area contributed by atoms with Crippen LogP contribution >= 0.6 is 0 Å². The van der Waals surface area contributed by atoms with Crippen molar-refractivity contribution in [3.8, 4) is 5.75 Å². The van der Waals surface area contributed by atoms with E-state index in [4.69, 9.17) is 9.47 Å². The Morgan fingerprint density at radius 1 is 1.05 bits per heavy atom. The van der Waals surface area contributed by atoms with Gasteiger partial charge in [-0.05, 0) is 70.1 Å². The normalized spacial score (nSPS) is 15.0. The molecule has 8 heteroatoms. The number of phenolic OH excluding ortho intramolecular Hbond substituents is 1. The molecule has 0 saturated carbocycles. The SMILES string of the molecule is CCC(CC)[C@H](CNCC(=O)C1=CCCC=C1)OC(=O)[C@H](Cc1ccc(O)cc1)NC(=O)OC(C)(C)C. The number of allylic oxidation sites excluding steroid dienone is 3. The van der Waals surface area contributed by atoms with Crippen molar-refractivity contribution < 1.29 is 29.0 Å². The minimum Gasteiger partial charge on any atom is -0.508 e. The van der Waals surface area contributed by atoms with E-state index in [-0.39, 0.29) is 30.4 Å². The zero-order chi connectivity index (χ0) is 27.4. The minimum absolute atomic E-state index is 0.00220. The number of Topliss-reactive ketones (excluding diaryl/α,β-unsaturated/α-hetero) is 1. The molecule has 8 nitrogen and oxygen atoms in total. The standard InChI is InChI=1S/C29H42N2O6/c1-6-21(7-2)26(19-30-18-25(33)22-11-9-8-10-12-22)36-27(34)24(31-28(35)37-29(3,4)5)17-20-13-15-23(32)16-14-20/h9,11-16,21,24,26,30,32H,6-8,10,17-19H2,1-5H3,(H,31,35)/t24-,26-/m0/s1. The maximum Gasteiger partial charge on any atom is 0.408 e. The number of nitrogens with one attached hydrogen (secondary N) is 2. The fraction of sp³-hybridized carbons (Fsp3) is 0.552.